The van der Waals surface area contributed by atoms with Gasteiger partial charge in [-0.2, -0.15) is 0 Å². The van der Waals surface area contributed by atoms with Crippen LogP contribution in [-0.4, -0.2) is 42.5 Å². The van der Waals surface area contributed by atoms with Crippen LogP contribution >= 0.6 is 15.9 Å². The third kappa shape index (κ3) is 3.48. The summed E-state index contributed by atoms with van der Waals surface area (Å²) in [5, 5.41) is 3.96. The van der Waals surface area contributed by atoms with Gasteiger partial charge in [-0.3, -0.25) is 9.59 Å². The van der Waals surface area contributed by atoms with E-state index in [-0.39, 0.29) is 11.5 Å². The van der Waals surface area contributed by atoms with E-state index in [1.165, 1.54) is 6.07 Å². The minimum atomic E-state index is -0.244. The molecular formula is C17H20BrN3O2. The molecule has 0 saturated carbocycles. The average molecular weight is 378 g/mol. The summed E-state index contributed by atoms with van der Waals surface area (Å²) in [4.78, 5) is 29.5. The Labute approximate surface area is 143 Å². The number of aromatic nitrogens is 1. The molecule has 6 heteroatoms. The third-order valence-electron chi connectivity index (χ3n) is 4.33. The molecule has 23 heavy (non-hydrogen) atoms. The molecular weight excluding hydrogens is 358 g/mol. The Bertz CT molecular complexity index is 785. The first-order chi connectivity index (χ1) is 11.1. The Morgan fingerprint density at radius 3 is 3.04 bits per heavy atom. The summed E-state index contributed by atoms with van der Waals surface area (Å²) in [6.07, 6.45) is 2.13. The SMILES string of the molecule is CNCC1CCCN(C(=O)c2cc(=O)[nH]c3ccc(Br)cc23)C1. The van der Waals surface area contributed by atoms with Gasteiger partial charge in [-0.15, -0.1) is 0 Å². The van der Waals surface area contributed by atoms with Crippen LogP contribution < -0.4 is 10.9 Å². The summed E-state index contributed by atoms with van der Waals surface area (Å²) in [5.74, 6) is 0.415. The molecule has 2 N–H and O–H groups in total. The van der Waals surface area contributed by atoms with E-state index in [9.17, 15) is 9.59 Å². The summed E-state index contributed by atoms with van der Waals surface area (Å²) in [6.45, 7) is 2.40. The molecule has 1 aromatic carbocycles. The topological polar surface area (TPSA) is 65.2 Å². The number of aromatic amines is 1. The van der Waals surface area contributed by atoms with Crippen LogP contribution in [0.3, 0.4) is 0 Å². The van der Waals surface area contributed by atoms with E-state index >= 15 is 0 Å². The molecule has 1 aliphatic rings. The first-order valence-corrected chi connectivity index (χ1v) is 8.64. The number of H-pyrrole nitrogens is 1. The van der Waals surface area contributed by atoms with Crippen molar-refractivity contribution in [3.8, 4) is 0 Å². The molecule has 1 unspecified atom stereocenters. The van der Waals surface area contributed by atoms with Crippen LogP contribution in [0, 0.1) is 5.92 Å². The number of hydrogen-bond donors (Lipinski definition) is 2. The van der Waals surface area contributed by atoms with E-state index in [0.29, 0.717) is 17.0 Å². The van der Waals surface area contributed by atoms with Gasteiger partial charge in [0.2, 0.25) is 5.56 Å². The van der Waals surface area contributed by atoms with Gasteiger partial charge < -0.3 is 15.2 Å². The lowest BCUT2D eigenvalue weighted by Gasteiger charge is -2.33. The van der Waals surface area contributed by atoms with Gasteiger partial charge in [0.05, 0.1) is 5.56 Å². The number of hydrogen-bond acceptors (Lipinski definition) is 3. The highest BCUT2D eigenvalue weighted by molar-refractivity contribution is 9.10. The standard InChI is InChI=1S/C17H20BrN3O2/c1-19-9-11-3-2-6-21(10-11)17(23)14-8-16(22)20-15-5-4-12(18)7-13(14)15/h4-5,7-8,11,19H,2-3,6,9-10H2,1H3,(H,20,22). The first-order valence-electron chi connectivity index (χ1n) is 7.85. The van der Waals surface area contributed by atoms with Gasteiger partial charge in [-0.25, -0.2) is 0 Å². The number of amides is 1. The predicted octanol–water partition coefficient (Wildman–Crippen LogP) is 2.36. The summed E-state index contributed by atoms with van der Waals surface area (Å²) in [5.41, 5.74) is 0.926. The minimum absolute atomic E-state index is 0.0556. The van der Waals surface area contributed by atoms with Crippen LogP contribution in [-0.2, 0) is 0 Å². The molecule has 2 aromatic rings. The number of carbonyl (C=O) groups excluding carboxylic acids is 1. The van der Waals surface area contributed by atoms with Crippen molar-refractivity contribution in [2.24, 2.45) is 5.92 Å². The fourth-order valence-corrected chi connectivity index (χ4v) is 3.64. The van der Waals surface area contributed by atoms with Crippen LogP contribution in [0.1, 0.15) is 23.2 Å². The quantitative estimate of drug-likeness (QED) is 0.862. The maximum atomic E-state index is 13.0. The molecule has 0 bridgehead atoms. The molecule has 1 aromatic heterocycles. The number of nitrogens with zero attached hydrogens (tertiary/aromatic N) is 1. The lowest BCUT2D eigenvalue weighted by molar-refractivity contribution is 0.0676. The van der Waals surface area contributed by atoms with Crippen molar-refractivity contribution in [2.75, 3.05) is 26.7 Å². The Morgan fingerprint density at radius 2 is 2.26 bits per heavy atom. The number of pyridine rings is 1. The molecule has 0 aliphatic carbocycles. The zero-order valence-corrected chi connectivity index (χ0v) is 14.6. The van der Waals surface area contributed by atoms with Gasteiger partial charge in [0.25, 0.3) is 5.91 Å². The lowest BCUT2D eigenvalue weighted by Crippen LogP contribution is -2.42. The van der Waals surface area contributed by atoms with Crippen molar-refractivity contribution >= 4 is 32.7 Å². The largest absolute Gasteiger partial charge is 0.338 e. The van der Waals surface area contributed by atoms with Gasteiger partial charge in [0.15, 0.2) is 0 Å². The third-order valence-corrected chi connectivity index (χ3v) is 4.83. The molecule has 1 amide bonds. The zero-order valence-electron chi connectivity index (χ0n) is 13.1. The summed E-state index contributed by atoms with van der Waals surface area (Å²) >= 11 is 3.44. The molecule has 1 saturated heterocycles. The highest BCUT2D eigenvalue weighted by Gasteiger charge is 2.25. The number of piperidine rings is 1. The van der Waals surface area contributed by atoms with E-state index in [1.807, 2.05) is 30.1 Å². The van der Waals surface area contributed by atoms with Crippen molar-refractivity contribution in [3.05, 3.63) is 44.7 Å². The number of nitrogens with one attached hydrogen (secondary N) is 2. The Morgan fingerprint density at radius 1 is 1.43 bits per heavy atom. The Hall–Kier alpha value is -1.66. The fourth-order valence-electron chi connectivity index (χ4n) is 3.28. The normalized spacial score (nSPS) is 18.3. The first kappa shape index (κ1) is 16.2. The van der Waals surface area contributed by atoms with E-state index in [1.54, 1.807) is 0 Å². The van der Waals surface area contributed by atoms with E-state index < -0.39 is 0 Å². The summed E-state index contributed by atoms with van der Waals surface area (Å²) in [7, 11) is 1.93. The molecule has 1 aliphatic heterocycles. The summed E-state index contributed by atoms with van der Waals surface area (Å²) in [6, 6.07) is 6.97. The van der Waals surface area contributed by atoms with E-state index in [4.69, 9.17) is 0 Å². The second kappa shape index (κ2) is 6.84. The zero-order chi connectivity index (χ0) is 16.4. The maximum absolute atomic E-state index is 13.0. The van der Waals surface area contributed by atoms with Crippen LogP contribution in [0.15, 0.2) is 33.5 Å². The highest BCUT2D eigenvalue weighted by atomic mass is 79.9. The Kier molecular flexibility index (Phi) is 4.82. The van der Waals surface area contributed by atoms with Crippen molar-refractivity contribution < 1.29 is 4.79 Å². The van der Waals surface area contributed by atoms with Gasteiger partial charge in [-0.1, -0.05) is 15.9 Å². The molecule has 1 fully saturated rings. The van der Waals surface area contributed by atoms with Crippen LogP contribution in [0.5, 0.6) is 0 Å². The van der Waals surface area contributed by atoms with Gasteiger partial charge >= 0.3 is 0 Å². The number of halogens is 1. The number of fused-ring (bicyclic) bond motifs is 1. The van der Waals surface area contributed by atoms with E-state index in [0.717, 1.165) is 42.3 Å². The Balaban J connectivity index is 1.97. The maximum Gasteiger partial charge on any atom is 0.254 e. The van der Waals surface area contributed by atoms with E-state index in [2.05, 4.69) is 26.2 Å². The highest BCUT2D eigenvalue weighted by Crippen LogP contribution is 2.24. The van der Waals surface area contributed by atoms with Crippen LogP contribution in [0.2, 0.25) is 0 Å². The second-order valence-corrected chi connectivity index (χ2v) is 6.97. The van der Waals surface area contributed by atoms with Gasteiger partial charge in [0.1, 0.15) is 0 Å². The monoisotopic (exact) mass is 377 g/mol. The average Bonchev–Trinajstić information content (AvgIpc) is 2.54. The van der Waals surface area contributed by atoms with Crippen LogP contribution in [0.25, 0.3) is 10.9 Å². The molecule has 5 nitrogen and oxygen atoms in total. The molecule has 2 heterocycles. The molecule has 1 atom stereocenters. The lowest BCUT2D eigenvalue weighted by atomic mass is 9.97. The fraction of sp³-hybridized carbons (Fsp3) is 0.412. The number of rotatable bonds is 3. The van der Waals surface area contributed by atoms with Crippen molar-refractivity contribution in [2.45, 2.75) is 12.8 Å². The van der Waals surface area contributed by atoms with Crippen molar-refractivity contribution in [1.29, 1.82) is 0 Å². The second-order valence-electron chi connectivity index (χ2n) is 6.05. The molecule has 3 rings (SSSR count). The minimum Gasteiger partial charge on any atom is -0.338 e. The van der Waals surface area contributed by atoms with Crippen LogP contribution in [0.4, 0.5) is 0 Å². The predicted molar refractivity (Wildman–Crippen MR) is 94.8 cm³/mol. The molecule has 122 valence electrons. The molecule has 0 spiro atoms. The molecule has 0 radical (unpaired) electrons. The smallest absolute Gasteiger partial charge is 0.254 e. The van der Waals surface area contributed by atoms with Gasteiger partial charge in [0, 0.05) is 34.5 Å². The van der Waals surface area contributed by atoms with Crippen molar-refractivity contribution in [1.82, 2.24) is 15.2 Å². The number of carbonyl (C=O) groups is 1. The summed E-state index contributed by atoms with van der Waals surface area (Å²) < 4.78 is 0.887. The number of benzene rings is 1. The van der Waals surface area contributed by atoms with Gasteiger partial charge in [-0.05, 0) is 50.6 Å². The van der Waals surface area contributed by atoms with Crippen molar-refractivity contribution in [3.63, 3.8) is 0 Å². The number of likely N-dealkylation sites (tertiary alicyclic amines) is 1.